The fourth-order valence-corrected chi connectivity index (χ4v) is 7.71. The number of nitrogens with one attached hydrogen (secondary N) is 3. The first-order chi connectivity index (χ1) is 20.4. The van der Waals surface area contributed by atoms with Crippen molar-refractivity contribution in [2.24, 2.45) is 23.2 Å². The second-order valence-corrected chi connectivity index (χ2v) is 12.7. The van der Waals surface area contributed by atoms with Gasteiger partial charge in [-0.1, -0.05) is 48.9 Å². The minimum Gasteiger partial charge on any atom is -0.388 e. The van der Waals surface area contributed by atoms with E-state index < -0.39 is 71.7 Å². The number of fused-ring (bicyclic) bond motifs is 1. The molecule has 1 aromatic carbocycles. The van der Waals surface area contributed by atoms with Crippen molar-refractivity contribution in [3.63, 3.8) is 0 Å². The molecule has 2 heterocycles. The molecule has 6 N–H and O–H groups in total. The normalized spacial score (nSPS) is 37.3. The average Bonchev–Trinajstić information content (AvgIpc) is 3.50. The SMILES string of the molecule is CC(=O)N[C@@H]1CC(=O)[C@]23C(=O)N[C@H](Cc4c[nH]c5ccccc45)[C@@H]2C(C)=C(C)[C@H](O)[C@@H]3/C=C/C[C@H](C)/C=C(/C)[C@@H](O)[C@@H]1O. The number of allylic oxidation sites excluding steroid dienone is 2. The number of carbonyl (C=O) groups is 3. The summed E-state index contributed by atoms with van der Waals surface area (Å²) in [7, 11) is 0. The lowest BCUT2D eigenvalue weighted by molar-refractivity contribution is -0.148. The van der Waals surface area contributed by atoms with E-state index in [9.17, 15) is 29.7 Å². The molecule has 1 spiro atoms. The maximum Gasteiger partial charge on any atom is 0.235 e. The molecule has 9 atom stereocenters. The Morgan fingerprint density at radius 2 is 1.79 bits per heavy atom. The molecular weight excluding hydrogens is 546 g/mol. The summed E-state index contributed by atoms with van der Waals surface area (Å²) in [4.78, 5) is 44.6. The lowest BCUT2D eigenvalue weighted by atomic mass is 9.54. The summed E-state index contributed by atoms with van der Waals surface area (Å²) in [6, 6.07) is 6.32. The van der Waals surface area contributed by atoms with Crippen molar-refractivity contribution in [1.29, 1.82) is 0 Å². The highest BCUT2D eigenvalue weighted by atomic mass is 16.3. The third-order valence-corrected chi connectivity index (χ3v) is 9.95. The van der Waals surface area contributed by atoms with E-state index >= 15 is 0 Å². The van der Waals surface area contributed by atoms with Crippen LogP contribution in [0, 0.1) is 23.2 Å². The Hall–Kier alpha value is -3.53. The number of aromatic nitrogens is 1. The van der Waals surface area contributed by atoms with Crippen molar-refractivity contribution in [3.05, 3.63) is 71.0 Å². The molecule has 9 nitrogen and oxygen atoms in total. The molecule has 1 fully saturated rings. The van der Waals surface area contributed by atoms with Crippen LogP contribution in [0.4, 0.5) is 0 Å². The van der Waals surface area contributed by atoms with E-state index in [1.807, 2.05) is 63.4 Å². The van der Waals surface area contributed by atoms with Crippen LogP contribution in [0.5, 0.6) is 0 Å². The van der Waals surface area contributed by atoms with Crippen LogP contribution in [0.1, 0.15) is 53.0 Å². The fourth-order valence-electron chi connectivity index (χ4n) is 7.71. The molecule has 0 bridgehead atoms. The van der Waals surface area contributed by atoms with Crippen molar-refractivity contribution in [2.75, 3.05) is 0 Å². The summed E-state index contributed by atoms with van der Waals surface area (Å²) in [6.07, 6.45) is 4.19. The number of rotatable bonds is 3. The van der Waals surface area contributed by atoms with Crippen LogP contribution < -0.4 is 10.6 Å². The van der Waals surface area contributed by atoms with Crippen LogP contribution >= 0.6 is 0 Å². The number of amides is 2. The smallest absolute Gasteiger partial charge is 0.235 e. The van der Waals surface area contributed by atoms with Gasteiger partial charge >= 0.3 is 0 Å². The molecule has 0 saturated carbocycles. The van der Waals surface area contributed by atoms with Crippen LogP contribution in [-0.4, -0.2) is 68.3 Å². The van der Waals surface area contributed by atoms with E-state index in [4.69, 9.17) is 0 Å². The third kappa shape index (κ3) is 5.28. The van der Waals surface area contributed by atoms with Crippen LogP contribution in [0.2, 0.25) is 0 Å². The predicted molar refractivity (Wildman–Crippen MR) is 164 cm³/mol. The van der Waals surface area contributed by atoms with Crippen LogP contribution in [0.15, 0.2) is 65.4 Å². The number of carbonyl (C=O) groups excluding carboxylic acids is 3. The first-order valence-corrected chi connectivity index (χ1v) is 15.1. The Kier molecular flexibility index (Phi) is 8.53. The minimum absolute atomic E-state index is 0.0355. The first kappa shape index (κ1) is 30.9. The Morgan fingerprint density at radius 1 is 1.07 bits per heavy atom. The molecule has 1 saturated heterocycles. The van der Waals surface area contributed by atoms with Crippen LogP contribution in [-0.2, 0) is 20.8 Å². The topological polar surface area (TPSA) is 152 Å². The Bertz CT molecular complexity index is 1520. The number of aliphatic hydroxyl groups excluding tert-OH is 3. The molecule has 0 radical (unpaired) electrons. The zero-order valence-corrected chi connectivity index (χ0v) is 25.4. The molecule has 2 aliphatic carbocycles. The Morgan fingerprint density at radius 3 is 2.51 bits per heavy atom. The van der Waals surface area contributed by atoms with Gasteiger partial charge in [-0.05, 0) is 62.3 Å². The monoisotopic (exact) mass is 589 g/mol. The van der Waals surface area contributed by atoms with Crippen LogP contribution in [0.25, 0.3) is 10.9 Å². The summed E-state index contributed by atoms with van der Waals surface area (Å²) >= 11 is 0. The molecule has 1 aromatic heterocycles. The highest BCUT2D eigenvalue weighted by Crippen LogP contribution is 2.55. The first-order valence-electron chi connectivity index (χ1n) is 15.1. The number of hydrogen-bond donors (Lipinski definition) is 6. The molecule has 1 aliphatic heterocycles. The van der Waals surface area contributed by atoms with Gasteiger partial charge in [-0.2, -0.15) is 0 Å². The van der Waals surface area contributed by atoms with Gasteiger partial charge in [0.05, 0.1) is 12.1 Å². The van der Waals surface area contributed by atoms with Gasteiger partial charge in [0.1, 0.15) is 17.6 Å². The van der Waals surface area contributed by atoms with E-state index in [0.717, 1.165) is 27.6 Å². The average molecular weight is 590 g/mol. The molecule has 2 amide bonds. The zero-order valence-electron chi connectivity index (χ0n) is 25.4. The van der Waals surface area contributed by atoms with Crippen molar-refractivity contribution in [1.82, 2.24) is 15.6 Å². The van der Waals surface area contributed by atoms with Gasteiger partial charge in [-0.3, -0.25) is 14.4 Å². The number of para-hydroxylation sites is 1. The molecule has 9 heteroatoms. The van der Waals surface area contributed by atoms with E-state index in [0.29, 0.717) is 18.4 Å². The maximum atomic E-state index is 14.7. The summed E-state index contributed by atoms with van der Waals surface area (Å²) in [5.74, 6) is -2.91. The quantitative estimate of drug-likeness (QED) is 0.239. The van der Waals surface area contributed by atoms with Crippen molar-refractivity contribution >= 4 is 28.5 Å². The number of aliphatic hydroxyl groups is 3. The van der Waals surface area contributed by atoms with E-state index in [2.05, 4.69) is 15.6 Å². The van der Waals surface area contributed by atoms with Gasteiger partial charge in [0, 0.05) is 48.3 Å². The summed E-state index contributed by atoms with van der Waals surface area (Å²) in [6.45, 7) is 8.68. The van der Waals surface area contributed by atoms with Gasteiger partial charge in [0.15, 0.2) is 5.78 Å². The maximum absolute atomic E-state index is 14.7. The number of hydrogen-bond acceptors (Lipinski definition) is 6. The third-order valence-electron chi connectivity index (χ3n) is 9.95. The van der Waals surface area contributed by atoms with E-state index in [1.165, 1.54) is 6.92 Å². The second-order valence-electron chi connectivity index (χ2n) is 12.7. The number of Topliss-reactive ketones (excluding diaryl/α,β-unsaturated/α-hetero) is 1. The van der Waals surface area contributed by atoms with Gasteiger partial charge in [0.25, 0.3) is 0 Å². The summed E-state index contributed by atoms with van der Waals surface area (Å²) in [5, 5.41) is 40.8. The van der Waals surface area contributed by atoms with Crippen molar-refractivity contribution in [2.45, 2.75) is 84.3 Å². The fraction of sp³-hybridized carbons (Fsp3) is 0.500. The lowest BCUT2D eigenvalue weighted by Gasteiger charge is -2.46. The van der Waals surface area contributed by atoms with Gasteiger partial charge in [-0.25, -0.2) is 0 Å². The van der Waals surface area contributed by atoms with Crippen molar-refractivity contribution < 1.29 is 29.7 Å². The Labute approximate surface area is 252 Å². The van der Waals surface area contributed by atoms with E-state index in [1.54, 1.807) is 13.0 Å². The largest absolute Gasteiger partial charge is 0.388 e. The Balaban J connectivity index is 1.66. The summed E-state index contributed by atoms with van der Waals surface area (Å²) < 4.78 is 0. The standard InChI is InChI=1S/C34H43N3O6/c1-17-9-8-11-24-31(41)20(4)19(3)29-26(14-22-16-35-25-12-7-6-10-23(22)25)37-33(43)34(24,29)28(39)15-27(36-21(5)38)32(42)30(40)18(2)13-17/h6-8,10-13,16-17,24,26-27,29-32,35,40-42H,9,14-15H2,1-5H3,(H,36,38)(H,37,43)/b11-8+,18-13-/t17-,24-,26+,27+,29-,30+,31-,32+,34-/m0/s1. The molecular formula is C34H43N3O6. The molecule has 3 aliphatic rings. The number of aromatic amines is 1. The zero-order chi connectivity index (χ0) is 31.2. The van der Waals surface area contributed by atoms with Crippen molar-refractivity contribution in [3.8, 4) is 0 Å². The second kappa shape index (κ2) is 11.9. The van der Waals surface area contributed by atoms with Gasteiger partial charge in [0.2, 0.25) is 11.8 Å². The lowest BCUT2D eigenvalue weighted by Crippen LogP contribution is -2.58. The van der Waals surface area contributed by atoms with E-state index in [-0.39, 0.29) is 5.92 Å². The molecule has 43 heavy (non-hydrogen) atoms. The molecule has 0 unspecified atom stereocenters. The highest BCUT2D eigenvalue weighted by molar-refractivity contribution is 6.10. The molecule has 230 valence electrons. The number of ketones is 1. The minimum atomic E-state index is -1.68. The molecule has 5 rings (SSSR count). The predicted octanol–water partition coefficient (Wildman–Crippen LogP) is 2.87. The number of benzene rings is 1. The molecule has 2 aromatic rings. The van der Waals surface area contributed by atoms with Gasteiger partial charge in [-0.15, -0.1) is 0 Å². The van der Waals surface area contributed by atoms with Gasteiger partial charge < -0.3 is 30.9 Å². The number of H-pyrrole nitrogens is 1. The van der Waals surface area contributed by atoms with Crippen LogP contribution in [0.3, 0.4) is 0 Å². The summed E-state index contributed by atoms with van der Waals surface area (Å²) in [5.41, 5.74) is 2.32. The highest BCUT2D eigenvalue weighted by Gasteiger charge is 2.67.